The Morgan fingerprint density at radius 2 is 1.80 bits per heavy atom. The minimum Gasteiger partial charge on any atom is -0.103 e. The Bertz CT molecular complexity index is 308. The number of rotatable bonds is 3. The van der Waals surface area contributed by atoms with Gasteiger partial charge in [-0.05, 0) is 12.0 Å². The van der Waals surface area contributed by atoms with Gasteiger partial charge in [0.05, 0.1) is 8.07 Å². The molecule has 0 N–H and O–H groups in total. The lowest BCUT2D eigenvalue weighted by molar-refractivity contribution is 0.558. The quantitative estimate of drug-likeness (QED) is 0.483. The lowest BCUT2D eigenvalue weighted by Crippen LogP contribution is -2.17. The Morgan fingerprint density at radius 1 is 1.27 bits per heavy atom. The van der Waals surface area contributed by atoms with Crippen molar-refractivity contribution in [3.63, 3.8) is 0 Å². The van der Waals surface area contributed by atoms with Crippen LogP contribution < -0.4 is 0 Å². The van der Waals surface area contributed by atoms with Crippen molar-refractivity contribution in [2.75, 3.05) is 0 Å². The largest absolute Gasteiger partial charge is 0.103 e. The molecule has 0 aromatic rings. The van der Waals surface area contributed by atoms with E-state index in [0.29, 0.717) is 0 Å². The first-order valence-electron chi connectivity index (χ1n) is 5.57. The van der Waals surface area contributed by atoms with E-state index in [9.17, 15) is 0 Å². The van der Waals surface area contributed by atoms with Crippen LogP contribution in [0.5, 0.6) is 0 Å². The molecule has 0 unspecified atom stereocenters. The molecule has 0 atom stereocenters. The normalized spacial score (nSPS) is 25.5. The van der Waals surface area contributed by atoms with E-state index in [0.717, 1.165) is 6.42 Å². The lowest BCUT2D eigenvalue weighted by Gasteiger charge is -2.24. The van der Waals surface area contributed by atoms with Crippen molar-refractivity contribution in [2.45, 2.75) is 33.0 Å². The fourth-order valence-electron chi connectivity index (χ4n) is 1.73. The summed E-state index contributed by atoms with van der Waals surface area (Å²) in [4.78, 5) is 0. The summed E-state index contributed by atoms with van der Waals surface area (Å²) in [5.74, 6) is 0. The van der Waals surface area contributed by atoms with Gasteiger partial charge < -0.3 is 0 Å². The van der Waals surface area contributed by atoms with Crippen LogP contribution in [0.3, 0.4) is 0 Å². The highest BCUT2D eigenvalue weighted by Crippen LogP contribution is 2.30. The van der Waals surface area contributed by atoms with Crippen LogP contribution in [0.25, 0.3) is 0 Å². The molecule has 1 heteroatoms. The minimum atomic E-state index is -1.09. The molecule has 1 rings (SSSR count). The summed E-state index contributed by atoms with van der Waals surface area (Å²) in [6.45, 7) is 13.1. The molecule has 0 heterocycles. The van der Waals surface area contributed by atoms with Crippen molar-refractivity contribution in [2.24, 2.45) is 5.41 Å². The van der Waals surface area contributed by atoms with Crippen molar-refractivity contribution in [1.82, 2.24) is 0 Å². The van der Waals surface area contributed by atoms with Gasteiger partial charge in [-0.2, -0.15) is 0 Å². The van der Waals surface area contributed by atoms with Gasteiger partial charge in [0.1, 0.15) is 0 Å². The van der Waals surface area contributed by atoms with Gasteiger partial charge >= 0.3 is 0 Å². The second-order valence-corrected chi connectivity index (χ2v) is 10.7. The molecule has 15 heavy (non-hydrogen) atoms. The highest BCUT2D eigenvalue weighted by molar-refractivity contribution is 6.81. The predicted molar refractivity (Wildman–Crippen MR) is 72.6 cm³/mol. The van der Waals surface area contributed by atoms with Gasteiger partial charge in [-0.3, -0.25) is 0 Å². The Morgan fingerprint density at radius 3 is 2.20 bits per heavy atom. The van der Waals surface area contributed by atoms with Gasteiger partial charge in [0, 0.05) is 5.41 Å². The molecule has 0 amide bonds. The molecular weight excluding hydrogens is 196 g/mol. The van der Waals surface area contributed by atoms with Crippen molar-refractivity contribution in [3.8, 4) is 0 Å². The van der Waals surface area contributed by atoms with Crippen LogP contribution in [0.1, 0.15) is 13.3 Å². The maximum Gasteiger partial charge on any atom is 0.0694 e. The zero-order chi connectivity index (χ0) is 11.5. The van der Waals surface area contributed by atoms with Crippen LogP contribution in [0, 0.1) is 5.41 Å². The molecular formula is C14H22Si. The first kappa shape index (κ1) is 12.2. The van der Waals surface area contributed by atoms with Crippen molar-refractivity contribution in [1.29, 1.82) is 0 Å². The van der Waals surface area contributed by atoms with Crippen LogP contribution in [0.2, 0.25) is 19.6 Å². The average Bonchev–Trinajstić information content (AvgIpc) is 2.08. The first-order valence-corrected chi connectivity index (χ1v) is 9.15. The summed E-state index contributed by atoms with van der Waals surface area (Å²) < 4.78 is 0. The molecule has 1 aliphatic carbocycles. The molecule has 0 saturated heterocycles. The molecule has 0 nitrogen and oxygen atoms in total. The zero-order valence-electron chi connectivity index (χ0n) is 10.4. The van der Waals surface area contributed by atoms with Crippen molar-refractivity contribution in [3.05, 3.63) is 48.2 Å². The monoisotopic (exact) mass is 218 g/mol. The van der Waals surface area contributed by atoms with Gasteiger partial charge in [-0.15, -0.1) is 6.58 Å². The van der Waals surface area contributed by atoms with Gasteiger partial charge in [0.2, 0.25) is 0 Å². The molecule has 82 valence electrons. The lowest BCUT2D eigenvalue weighted by atomic mass is 9.82. The average molecular weight is 218 g/mol. The van der Waals surface area contributed by atoms with Crippen LogP contribution in [-0.4, -0.2) is 8.07 Å². The summed E-state index contributed by atoms with van der Waals surface area (Å²) >= 11 is 0. The summed E-state index contributed by atoms with van der Waals surface area (Å²) in [5.41, 5.74) is 3.99. The van der Waals surface area contributed by atoms with E-state index < -0.39 is 8.07 Å². The maximum atomic E-state index is 3.80. The third-order valence-electron chi connectivity index (χ3n) is 2.50. The number of allylic oxidation sites excluding steroid dienone is 6. The Kier molecular flexibility index (Phi) is 3.56. The van der Waals surface area contributed by atoms with Crippen LogP contribution in [0.4, 0.5) is 0 Å². The minimum absolute atomic E-state index is 0.179. The van der Waals surface area contributed by atoms with E-state index in [1.807, 2.05) is 6.08 Å². The highest BCUT2D eigenvalue weighted by Gasteiger charge is 2.18. The highest BCUT2D eigenvalue weighted by atomic mass is 28.3. The molecule has 1 aliphatic rings. The fourth-order valence-corrected chi connectivity index (χ4v) is 2.92. The smallest absolute Gasteiger partial charge is 0.0694 e. The standard InChI is InChI=1S/C14H22Si/c1-6-9-14(2)10-7-13(8-11-14)12-15(3,4)5/h6-8,10-12H,1,9H2,2-5H3. The topological polar surface area (TPSA) is 0 Å². The van der Waals surface area contributed by atoms with Crippen LogP contribution in [0.15, 0.2) is 48.2 Å². The fraction of sp³-hybridized carbons (Fsp3) is 0.429. The van der Waals surface area contributed by atoms with Crippen molar-refractivity contribution >= 4 is 8.07 Å². The van der Waals surface area contributed by atoms with Gasteiger partial charge in [-0.25, -0.2) is 0 Å². The first-order chi connectivity index (χ1) is 6.85. The Balaban J connectivity index is 2.80. The summed E-state index contributed by atoms with van der Waals surface area (Å²) in [6, 6.07) is 0. The summed E-state index contributed by atoms with van der Waals surface area (Å²) in [5, 5.41) is 0. The SMILES string of the molecule is C=CCC1(C)C=CC(=C[Si](C)(C)C)C=C1. The molecule has 0 spiro atoms. The predicted octanol–water partition coefficient (Wildman–Crippen LogP) is 4.50. The van der Waals surface area contributed by atoms with E-state index >= 15 is 0 Å². The molecule has 0 radical (unpaired) electrons. The third-order valence-corrected chi connectivity index (χ3v) is 3.70. The molecule has 0 bridgehead atoms. The number of hydrogen-bond donors (Lipinski definition) is 0. The Hall–Kier alpha value is -0.823. The van der Waals surface area contributed by atoms with E-state index in [1.165, 1.54) is 5.57 Å². The van der Waals surface area contributed by atoms with E-state index in [-0.39, 0.29) is 5.41 Å². The Labute approximate surface area is 95.1 Å². The van der Waals surface area contributed by atoms with E-state index in [2.05, 4.69) is 63.1 Å². The maximum absolute atomic E-state index is 3.80. The second kappa shape index (κ2) is 4.36. The molecule has 0 saturated carbocycles. The molecule has 0 aromatic carbocycles. The second-order valence-electron chi connectivity index (χ2n) is 5.68. The third kappa shape index (κ3) is 4.04. The molecule has 0 aliphatic heterocycles. The number of hydrogen-bond acceptors (Lipinski definition) is 0. The van der Waals surface area contributed by atoms with Gasteiger partial charge in [0.15, 0.2) is 0 Å². The van der Waals surface area contributed by atoms with Crippen LogP contribution >= 0.6 is 0 Å². The van der Waals surface area contributed by atoms with E-state index in [4.69, 9.17) is 0 Å². The van der Waals surface area contributed by atoms with Gasteiger partial charge in [0.25, 0.3) is 0 Å². The summed E-state index contributed by atoms with van der Waals surface area (Å²) in [7, 11) is -1.09. The molecule has 0 aromatic heterocycles. The van der Waals surface area contributed by atoms with Crippen molar-refractivity contribution < 1.29 is 0 Å². The van der Waals surface area contributed by atoms with E-state index in [1.54, 1.807) is 0 Å². The van der Waals surface area contributed by atoms with Crippen LogP contribution in [-0.2, 0) is 0 Å². The molecule has 0 fully saturated rings. The van der Waals surface area contributed by atoms with Gasteiger partial charge in [-0.1, -0.05) is 62.6 Å². The zero-order valence-corrected chi connectivity index (χ0v) is 11.4. The summed E-state index contributed by atoms with van der Waals surface area (Å²) in [6.07, 6.45) is 12.1.